The van der Waals surface area contributed by atoms with Crippen LogP contribution in [-0.4, -0.2) is 55.4 Å². The molecule has 4 rings (SSSR count). The number of nitrogens with zero attached hydrogens (tertiary/aromatic N) is 3. The Labute approximate surface area is 165 Å². The van der Waals surface area contributed by atoms with Crippen LogP contribution in [0.5, 0.6) is 0 Å². The van der Waals surface area contributed by atoms with Gasteiger partial charge in [-0.15, -0.1) is 0 Å². The summed E-state index contributed by atoms with van der Waals surface area (Å²) in [5.74, 6) is -1.24. The second-order valence-electron chi connectivity index (χ2n) is 6.61. The first kappa shape index (κ1) is 19.8. The standard InChI is InChI=1S/C16H19N3S2.C2H2O4/c1-2-5-12(6-3-1)11-20-16-15(17-21-18-16)14-10-19-8-4-7-13(14)9-19;3-1(4)2(5)6/h1-3,5-6,13-14H,4,7-11H2;(H,3,4)(H,5,6). The molecule has 1 aromatic carbocycles. The molecule has 3 heterocycles. The molecule has 7 nitrogen and oxygen atoms in total. The van der Waals surface area contributed by atoms with Crippen molar-refractivity contribution < 1.29 is 19.8 Å². The van der Waals surface area contributed by atoms with Crippen LogP contribution in [-0.2, 0) is 15.3 Å². The summed E-state index contributed by atoms with van der Waals surface area (Å²) in [5, 5.41) is 16.0. The highest BCUT2D eigenvalue weighted by atomic mass is 32.2. The minimum absolute atomic E-state index is 0.615. The highest BCUT2D eigenvalue weighted by Crippen LogP contribution is 2.41. The van der Waals surface area contributed by atoms with Crippen molar-refractivity contribution in [2.45, 2.75) is 29.5 Å². The molecule has 0 aliphatic carbocycles. The Balaban J connectivity index is 0.000000307. The maximum Gasteiger partial charge on any atom is 0.414 e. The number of aromatic nitrogens is 2. The van der Waals surface area contributed by atoms with Crippen molar-refractivity contribution >= 4 is 35.4 Å². The van der Waals surface area contributed by atoms with Crippen molar-refractivity contribution in [3.63, 3.8) is 0 Å². The topological polar surface area (TPSA) is 104 Å². The molecule has 3 atom stereocenters. The molecular weight excluding hydrogens is 386 g/mol. The van der Waals surface area contributed by atoms with Crippen LogP contribution in [0.3, 0.4) is 0 Å². The van der Waals surface area contributed by atoms with Gasteiger partial charge >= 0.3 is 11.9 Å². The molecule has 9 heteroatoms. The van der Waals surface area contributed by atoms with E-state index in [4.69, 9.17) is 19.8 Å². The maximum atomic E-state index is 9.10. The molecule has 3 unspecified atom stereocenters. The summed E-state index contributed by atoms with van der Waals surface area (Å²) < 4.78 is 9.22. The fraction of sp³-hybridized carbons (Fsp3) is 0.444. The van der Waals surface area contributed by atoms with Gasteiger partial charge in [0.2, 0.25) is 0 Å². The maximum absolute atomic E-state index is 9.10. The van der Waals surface area contributed by atoms with Crippen molar-refractivity contribution in [3.8, 4) is 0 Å². The van der Waals surface area contributed by atoms with Crippen LogP contribution >= 0.6 is 23.5 Å². The molecule has 2 N–H and O–H groups in total. The quantitative estimate of drug-likeness (QED) is 0.589. The zero-order valence-electron chi connectivity index (χ0n) is 14.7. The Morgan fingerprint density at radius 2 is 1.89 bits per heavy atom. The highest BCUT2D eigenvalue weighted by Gasteiger charge is 2.38. The summed E-state index contributed by atoms with van der Waals surface area (Å²) in [7, 11) is 0. The average Bonchev–Trinajstić information content (AvgIpc) is 3.24. The molecule has 0 radical (unpaired) electrons. The number of hydrogen-bond acceptors (Lipinski definition) is 7. The lowest BCUT2D eigenvalue weighted by molar-refractivity contribution is -0.159. The lowest BCUT2D eigenvalue weighted by Crippen LogP contribution is -2.25. The van der Waals surface area contributed by atoms with Gasteiger partial charge in [0.15, 0.2) is 0 Å². The second-order valence-corrected chi connectivity index (χ2v) is 8.10. The van der Waals surface area contributed by atoms with Gasteiger partial charge < -0.3 is 15.1 Å². The normalized spacial score (nSPS) is 23.3. The third kappa shape index (κ3) is 5.27. The van der Waals surface area contributed by atoms with Crippen molar-refractivity contribution in [1.29, 1.82) is 0 Å². The summed E-state index contributed by atoms with van der Waals surface area (Å²) in [5.41, 5.74) is 2.63. The molecule has 2 aliphatic rings. The van der Waals surface area contributed by atoms with Crippen LogP contribution in [0.1, 0.15) is 30.0 Å². The van der Waals surface area contributed by atoms with Gasteiger partial charge in [-0.2, -0.15) is 8.75 Å². The summed E-state index contributed by atoms with van der Waals surface area (Å²) in [4.78, 5) is 20.8. The minimum Gasteiger partial charge on any atom is -0.473 e. The van der Waals surface area contributed by atoms with E-state index in [-0.39, 0.29) is 0 Å². The van der Waals surface area contributed by atoms with Gasteiger partial charge in [-0.3, -0.25) is 0 Å². The zero-order chi connectivity index (χ0) is 19.2. The highest BCUT2D eigenvalue weighted by molar-refractivity contribution is 7.98. The first-order valence-corrected chi connectivity index (χ1v) is 10.4. The SMILES string of the molecule is O=C(O)C(=O)O.c1ccc(CSc2nsnc2C2CN3CCCC2C3)cc1. The molecule has 2 aromatic rings. The molecule has 2 saturated heterocycles. The summed E-state index contributed by atoms with van der Waals surface area (Å²) in [6.45, 7) is 3.73. The Morgan fingerprint density at radius 1 is 1.15 bits per heavy atom. The van der Waals surface area contributed by atoms with E-state index in [1.165, 1.54) is 60.5 Å². The zero-order valence-corrected chi connectivity index (χ0v) is 16.3. The Kier molecular flexibility index (Phi) is 6.81. The number of rotatable bonds is 4. The van der Waals surface area contributed by atoms with E-state index < -0.39 is 11.9 Å². The van der Waals surface area contributed by atoms with Gasteiger partial charge in [-0.25, -0.2) is 9.59 Å². The summed E-state index contributed by atoms with van der Waals surface area (Å²) >= 11 is 3.23. The van der Waals surface area contributed by atoms with Crippen LogP contribution in [0.15, 0.2) is 35.4 Å². The number of benzene rings is 1. The van der Waals surface area contributed by atoms with E-state index in [1.807, 2.05) is 11.8 Å². The number of aliphatic carboxylic acids is 2. The van der Waals surface area contributed by atoms with Gasteiger partial charge in [0.1, 0.15) is 5.03 Å². The van der Waals surface area contributed by atoms with E-state index >= 15 is 0 Å². The largest absolute Gasteiger partial charge is 0.473 e. The predicted molar refractivity (Wildman–Crippen MR) is 103 cm³/mol. The van der Waals surface area contributed by atoms with Gasteiger partial charge in [0.05, 0.1) is 17.4 Å². The number of fused-ring (bicyclic) bond motifs is 2. The molecule has 2 fully saturated rings. The molecule has 0 amide bonds. The van der Waals surface area contributed by atoms with Gasteiger partial charge in [0, 0.05) is 24.8 Å². The molecule has 27 heavy (non-hydrogen) atoms. The van der Waals surface area contributed by atoms with Crippen LogP contribution in [0.25, 0.3) is 0 Å². The number of carboxylic acids is 2. The molecule has 0 spiro atoms. The Morgan fingerprint density at radius 3 is 2.56 bits per heavy atom. The third-order valence-corrected chi connectivity index (χ3v) is 6.51. The second kappa shape index (κ2) is 9.29. The van der Waals surface area contributed by atoms with E-state index in [0.29, 0.717) is 5.92 Å². The monoisotopic (exact) mass is 407 g/mol. The predicted octanol–water partition coefficient (Wildman–Crippen LogP) is 2.80. The van der Waals surface area contributed by atoms with Crippen LogP contribution in [0, 0.1) is 5.92 Å². The van der Waals surface area contributed by atoms with Crippen LogP contribution in [0.4, 0.5) is 0 Å². The molecule has 2 bridgehead atoms. The van der Waals surface area contributed by atoms with Crippen molar-refractivity contribution in [2.75, 3.05) is 19.6 Å². The van der Waals surface area contributed by atoms with E-state index in [2.05, 4.69) is 44.0 Å². The number of hydrogen-bond donors (Lipinski definition) is 2. The number of carbonyl (C=O) groups is 2. The molecular formula is C18H21N3O4S2. The summed E-state index contributed by atoms with van der Waals surface area (Å²) in [6.07, 6.45) is 2.71. The van der Waals surface area contributed by atoms with Crippen molar-refractivity contribution in [3.05, 3.63) is 41.6 Å². The van der Waals surface area contributed by atoms with Gasteiger partial charge in [-0.1, -0.05) is 42.1 Å². The molecule has 144 valence electrons. The number of carboxylic acid groups (broad SMARTS) is 2. The van der Waals surface area contributed by atoms with Crippen molar-refractivity contribution in [2.24, 2.45) is 5.92 Å². The smallest absolute Gasteiger partial charge is 0.414 e. The van der Waals surface area contributed by atoms with Gasteiger partial charge in [0.25, 0.3) is 0 Å². The lowest BCUT2D eigenvalue weighted by Gasteiger charge is -2.21. The molecule has 0 saturated carbocycles. The van der Waals surface area contributed by atoms with E-state index in [9.17, 15) is 0 Å². The number of piperidine rings is 1. The van der Waals surface area contributed by atoms with Crippen LogP contribution in [0.2, 0.25) is 0 Å². The first-order valence-electron chi connectivity index (χ1n) is 8.72. The van der Waals surface area contributed by atoms with Gasteiger partial charge in [-0.05, 0) is 30.9 Å². The molecule has 1 aromatic heterocycles. The Hall–Kier alpha value is -1.97. The van der Waals surface area contributed by atoms with E-state index in [1.54, 1.807) is 0 Å². The Bertz CT molecular complexity index is 772. The third-order valence-electron chi connectivity index (χ3n) is 4.80. The fourth-order valence-electron chi connectivity index (χ4n) is 3.56. The average molecular weight is 408 g/mol. The van der Waals surface area contributed by atoms with Crippen LogP contribution < -0.4 is 0 Å². The van der Waals surface area contributed by atoms with Crippen molar-refractivity contribution in [1.82, 2.24) is 13.6 Å². The minimum atomic E-state index is -1.82. The summed E-state index contributed by atoms with van der Waals surface area (Å²) in [6, 6.07) is 10.6. The fourth-order valence-corrected chi connectivity index (χ4v) is 5.29. The number of thioether (sulfide) groups is 1. The first-order chi connectivity index (χ1) is 13.0. The molecule has 2 aliphatic heterocycles. The van der Waals surface area contributed by atoms with E-state index in [0.717, 1.165) is 11.7 Å². The lowest BCUT2D eigenvalue weighted by atomic mass is 9.89.